The molecule has 2 aliphatic carbocycles. The van der Waals surface area contributed by atoms with Crippen LogP contribution in [-0.2, 0) is 10.8 Å². The van der Waals surface area contributed by atoms with E-state index in [9.17, 15) is 4.21 Å². The van der Waals surface area contributed by atoms with Gasteiger partial charge < -0.3 is 5.32 Å². The van der Waals surface area contributed by atoms with Crippen molar-refractivity contribution in [3.8, 4) is 0 Å². The second-order valence-corrected chi connectivity index (χ2v) is 7.27. The van der Waals surface area contributed by atoms with E-state index < -0.39 is 10.8 Å². The van der Waals surface area contributed by atoms with Gasteiger partial charge in [-0.25, -0.2) is 0 Å². The van der Waals surface area contributed by atoms with Crippen LogP contribution in [0.5, 0.6) is 0 Å². The molecule has 16 heavy (non-hydrogen) atoms. The SMILES string of the molecule is CS(=O)CCNC1CCC2(CCCC2)CC1. The van der Waals surface area contributed by atoms with Crippen molar-refractivity contribution in [1.82, 2.24) is 5.32 Å². The highest BCUT2D eigenvalue weighted by molar-refractivity contribution is 7.84. The van der Waals surface area contributed by atoms with Crippen LogP contribution in [0.3, 0.4) is 0 Å². The molecule has 3 heteroatoms. The first-order chi connectivity index (χ1) is 7.70. The first-order valence-electron chi connectivity index (χ1n) is 6.74. The predicted octanol–water partition coefficient (Wildman–Crippen LogP) is 2.46. The Kier molecular flexibility index (Phi) is 4.42. The second-order valence-electron chi connectivity index (χ2n) is 5.71. The molecule has 0 radical (unpaired) electrons. The van der Waals surface area contributed by atoms with Crippen molar-refractivity contribution in [3.63, 3.8) is 0 Å². The molecule has 2 rings (SSSR count). The third-order valence-corrected chi connectivity index (χ3v) is 5.31. The van der Waals surface area contributed by atoms with Crippen LogP contribution in [0, 0.1) is 5.41 Å². The van der Waals surface area contributed by atoms with E-state index in [-0.39, 0.29) is 0 Å². The van der Waals surface area contributed by atoms with Crippen LogP contribution < -0.4 is 5.32 Å². The van der Waals surface area contributed by atoms with Gasteiger partial charge in [0.05, 0.1) is 0 Å². The lowest BCUT2D eigenvalue weighted by Crippen LogP contribution is -2.38. The van der Waals surface area contributed by atoms with Gasteiger partial charge in [0.1, 0.15) is 0 Å². The maximum absolute atomic E-state index is 11.0. The molecule has 0 aromatic rings. The summed E-state index contributed by atoms with van der Waals surface area (Å²) in [5, 5.41) is 3.57. The maximum Gasteiger partial charge on any atom is 0.0357 e. The highest BCUT2D eigenvalue weighted by Crippen LogP contribution is 2.48. The van der Waals surface area contributed by atoms with E-state index in [1.807, 2.05) is 0 Å². The van der Waals surface area contributed by atoms with E-state index in [1.54, 1.807) is 6.26 Å². The zero-order valence-corrected chi connectivity index (χ0v) is 11.3. The lowest BCUT2D eigenvalue weighted by Gasteiger charge is -2.37. The first kappa shape index (κ1) is 12.6. The van der Waals surface area contributed by atoms with Gasteiger partial charge in [0.2, 0.25) is 0 Å². The zero-order chi connectivity index (χ0) is 11.4. The molecule has 1 atom stereocenters. The fourth-order valence-corrected chi connectivity index (χ4v) is 3.87. The molecule has 2 saturated carbocycles. The molecule has 0 aromatic heterocycles. The Hall–Kier alpha value is 0.110. The summed E-state index contributed by atoms with van der Waals surface area (Å²) >= 11 is 0. The molecule has 2 nitrogen and oxygen atoms in total. The zero-order valence-electron chi connectivity index (χ0n) is 10.5. The minimum atomic E-state index is -0.641. The van der Waals surface area contributed by atoms with E-state index in [2.05, 4.69) is 5.32 Å². The summed E-state index contributed by atoms with van der Waals surface area (Å²) < 4.78 is 11.0. The monoisotopic (exact) mass is 243 g/mol. The standard InChI is InChI=1S/C13H25NOS/c1-16(15)11-10-14-12-4-8-13(9-5-12)6-2-3-7-13/h12,14H,2-11H2,1H3. The molecule has 2 aliphatic rings. The van der Waals surface area contributed by atoms with Crippen molar-refractivity contribution in [3.05, 3.63) is 0 Å². The molecule has 0 bridgehead atoms. The average Bonchev–Trinajstić information content (AvgIpc) is 2.70. The van der Waals surface area contributed by atoms with Gasteiger partial charge in [-0.05, 0) is 43.9 Å². The summed E-state index contributed by atoms with van der Waals surface area (Å²) in [6.45, 7) is 0.931. The van der Waals surface area contributed by atoms with E-state index in [4.69, 9.17) is 0 Å². The van der Waals surface area contributed by atoms with Gasteiger partial charge in [-0.1, -0.05) is 12.8 Å². The van der Waals surface area contributed by atoms with Crippen molar-refractivity contribution in [2.75, 3.05) is 18.6 Å². The Labute approximate surface area is 102 Å². The maximum atomic E-state index is 11.0. The van der Waals surface area contributed by atoms with E-state index in [1.165, 1.54) is 51.4 Å². The Bertz CT molecular complexity index is 238. The van der Waals surface area contributed by atoms with Gasteiger partial charge in [-0.15, -0.1) is 0 Å². The molecule has 0 amide bonds. The third kappa shape index (κ3) is 3.30. The first-order valence-corrected chi connectivity index (χ1v) is 8.46. The molecule has 0 heterocycles. The fourth-order valence-electron chi connectivity index (χ4n) is 3.47. The van der Waals surface area contributed by atoms with E-state index >= 15 is 0 Å². The van der Waals surface area contributed by atoms with Crippen LogP contribution in [-0.4, -0.2) is 28.8 Å². The topological polar surface area (TPSA) is 29.1 Å². The quantitative estimate of drug-likeness (QED) is 0.822. The smallest absolute Gasteiger partial charge is 0.0357 e. The fraction of sp³-hybridized carbons (Fsp3) is 1.00. The third-order valence-electron chi connectivity index (χ3n) is 4.53. The van der Waals surface area contributed by atoms with Crippen molar-refractivity contribution in [2.24, 2.45) is 5.41 Å². The minimum absolute atomic E-state index is 0.641. The van der Waals surface area contributed by atoms with Crippen LogP contribution >= 0.6 is 0 Å². The summed E-state index contributed by atoms with van der Waals surface area (Å²) in [4.78, 5) is 0. The Balaban J connectivity index is 1.67. The summed E-state index contributed by atoms with van der Waals surface area (Å²) in [7, 11) is -0.641. The normalized spacial score (nSPS) is 27.3. The molecule has 2 fully saturated rings. The van der Waals surface area contributed by atoms with E-state index in [0.29, 0.717) is 6.04 Å². The van der Waals surface area contributed by atoms with Crippen LogP contribution in [0.15, 0.2) is 0 Å². The van der Waals surface area contributed by atoms with Crippen LogP contribution in [0.25, 0.3) is 0 Å². The number of rotatable bonds is 4. The second kappa shape index (κ2) is 5.63. The lowest BCUT2D eigenvalue weighted by molar-refractivity contribution is 0.169. The highest BCUT2D eigenvalue weighted by Gasteiger charge is 2.37. The summed E-state index contributed by atoms with van der Waals surface area (Å²) in [5.74, 6) is 0.807. The van der Waals surface area contributed by atoms with Crippen molar-refractivity contribution < 1.29 is 4.21 Å². The average molecular weight is 243 g/mol. The number of nitrogens with one attached hydrogen (secondary N) is 1. The van der Waals surface area contributed by atoms with Gasteiger partial charge in [-0.3, -0.25) is 4.21 Å². The van der Waals surface area contributed by atoms with Gasteiger partial charge in [0.25, 0.3) is 0 Å². The lowest BCUT2D eigenvalue weighted by atomic mass is 9.71. The van der Waals surface area contributed by atoms with Crippen LogP contribution in [0.2, 0.25) is 0 Å². The van der Waals surface area contributed by atoms with E-state index in [0.717, 1.165) is 17.7 Å². The molecule has 0 aromatic carbocycles. The molecule has 0 saturated heterocycles. The van der Waals surface area contributed by atoms with Crippen molar-refractivity contribution >= 4 is 10.8 Å². The van der Waals surface area contributed by atoms with Crippen LogP contribution in [0.1, 0.15) is 51.4 Å². The summed E-state index contributed by atoms with van der Waals surface area (Å²) in [6.07, 6.45) is 13.2. The largest absolute Gasteiger partial charge is 0.313 e. The molecular formula is C13H25NOS. The molecule has 1 unspecified atom stereocenters. The number of hydrogen-bond acceptors (Lipinski definition) is 2. The number of hydrogen-bond donors (Lipinski definition) is 1. The van der Waals surface area contributed by atoms with Gasteiger partial charge >= 0.3 is 0 Å². The summed E-state index contributed by atoms with van der Waals surface area (Å²) in [6, 6.07) is 0.703. The van der Waals surface area contributed by atoms with Gasteiger partial charge in [-0.2, -0.15) is 0 Å². The Morgan fingerprint density at radius 1 is 1.19 bits per heavy atom. The van der Waals surface area contributed by atoms with Gasteiger partial charge in [0, 0.05) is 35.4 Å². The molecule has 1 spiro atoms. The van der Waals surface area contributed by atoms with Crippen molar-refractivity contribution in [2.45, 2.75) is 57.4 Å². The molecular weight excluding hydrogens is 218 g/mol. The van der Waals surface area contributed by atoms with Crippen molar-refractivity contribution in [1.29, 1.82) is 0 Å². The summed E-state index contributed by atoms with van der Waals surface area (Å²) in [5.41, 5.74) is 0.742. The van der Waals surface area contributed by atoms with Gasteiger partial charge in [0.15, 0.2) is 0 Å². The molecule has 1 N–H and O–H groups in total. The van der Waals surface area contributed by atoms with Crippen LogP contribution in [0.4, 0.5) is 0 Å². The minimum Gasteiger partial charge on any atom is -0.313 e. The highest BCUT2D eigenvalue weighted by atomic mass is 32.2. The molecule has 94 valence electrons. The Morgan fingerprint density at radius 2 is 1.81 bits per heavy atom. The molecule has 0 aliphatic heterocycles. The Morgan fingerprint density at radius 3 is 2.38 bits per heavy atom. The predicted molar refractivity (Wildman–Crippen MR) is 70.1 cm³/mol.